The van der Waals surface area contributed by atoms with Gasteiger partial charge in [0.15, 0.2) is 10.7 Å². The van der Waals surface area contributed by atoms with Gasteiger partial charge >= 0.3 is 5.97 Å². The monoisotopic (exact) mass is 384 g/mol. The molecule has 0 spiro atoms. The number of rotatable bonds is 8. The predicted molar refractivity (Wildman–Crippen MR) is 105 cm³/mol. The molecule has 7 heteroatoms. The van der Waals surface area contributed by atoms with Crippen LogP contribution in [0.2, 0.25) is 0 Å². The average Bonchev–Trinajstić information content (AvgIpc) is 3.12. The SMILES string of the molecule is Cc1cn2c(C=CC(=O)c3ccc(OCCCC(=O)O)cc3)c(C)nc2s1. The van der Waals surface area contributed by atoms with Crippen molar-refractivity contribution in [2.24, 2.45) is 0 Å². The third-order valence-corrected chi connectivity index (χ3v) is 4.90. The number of allylic oxidation sites excluding steroid dienone is 1. The molecule has 6 nitrogen and oxygen atoms in total. The summed E-state index contributed by atoms with van der Waals surface area (Å²) in [7, 11) is 0. The van der Waals surface area contributed by atoms with E-state index < -0.39 is 5.97 Å². The fourth-order valence-electron chi connectivity index (χ4n) is 2.66. The fraction of sp³-hybridized carbons (Fsp3) is 0.250. The van der Waals surface area contributed by atoms with Gasteiger partial charge in [0, 0.05) is 23.1 Å². The summed E-state index contributed by atoms with van der Waals surface area (Å²) in [5, 5.41) is 8.60. The third kappa shape index (κ3) is 4.62. The first-order valence-electron chi connectivity index (χ1n) is 8.56. The number of ether oxygens (including phenoxy) is 1. The van der Waals surface area contributed by atoms with Gasteiger partial charge in [0.2, 0.25) is 0 Å². The number of aryl methyl sites for hydroxylation is 2. The van der Waals surface area contributed by atoms with E-state index in [1.807, 2.05) is 24.4 Å². The van der Waals surface area contributed by atoms with E-state index in [0.29, 0.717) is 24.3 Å². The van der Waals surface area contributed by atoms with Crippen LogP contribution in [0.25, 0.3) is 11.0 Å². The van der Waals surface area contributed by atoms with Gasteiger partial charge in [-0.05, 0) is 56.7 Å². The van der Waals surface area contributed by atoms with Gasteiger partial charge in [-0.3, -0.25) is 14.0 Å². The largest absolute Gasteiger partial charge is 0.494 e. The van der Waals surface area contributed by atoms with Crippen molar-refractivity contribution in [1.82, 2.24) is 9.38 Å². The van der Waals surface area contributed by atoms with Crippen LogP contribution in [-0.2, 0) is 4.79 Å². The maximum Gasteiger partial charge on any atom is 0.303 e. The van der Waals surface area contributed by atoms with Gasteiger partial charge in [0.05, 0.1) is 18.0 Å². The number of hydrogen-bond donors (Lipinski definition) is 1. The number of benzene rings is 1. The average molecular weight is 384 g/mol. The number of ketones is 1. The summed E-state index contributed by atoms with van der Waals surface area (Å²) in [6, 6.07) is 6.83. The van der Waals surface area contributed by atoms with E-state index in [1.54, 1.807) is 47.8 Å². The molecule has 0 atom stereocenters. The van der Waals surface area contributed by atoms with E-state index in [-0.39, 0.29) is 12.2 Å². The van der Waals surface area contributed by atoms with Crippen LogP contribution in [0.15, 0.2) is 36.5 Å². The van der Waals surface area contributed by atoms with Crippen molar-refractivity contribution in [2.75, 3.05) is 6.61 Å². The predicted octanol–water partition coefficient (Wildman–Crippen LogP) is 4.15. The highest BCUT2D eigenvalue weighted by molar-refractivity contribution is 7.17. The molecular formula is C20H20N2O4S. The van der Waals surface area contributed by atoms with Crippen LogP contribution in [0, 0.1) is 13.8 Å². The van der Waals surface area contributed by atoms with E-state index in [0.717, 1.165) is 21.2 Å². The second-order valence-electron chi connectivity index (χ2n) is 6.14. The molecule has 3 rings (SSSR count). The molecule has 0 bridgehead atoms. The maximum absolute atomic E-state index is 12.4. The summed E-state index contributed by atoms with van der Waals surface area (Å²) in [5.74, 6) is -0.327. The normalized spacial score (nSPS) is 11.3. The quantitative estimate of drug-likeness (QED) is 0.358. The number of carbonyl (C=O) groups is 2. The number of imidazole rings is 1. The molecule has 0 amide bonds. The lowest BCUT2D eigenvalue weighted by atomic mass is 10.1. The van der Waals surface area contributed by atoms with Crippen LogP contribution in [-0.4, -0.2) is 32.9 Å². The number of hydrogen-bond acceptors (Lipinski definition) is 5. The molecule has 2 heterocycles. The summed E-state index contributed by atoms with van der Waals surface area (Å²) in [5.41, 5.74) is 2.35. The Balaban J connectivity index is 1.64. The molecule has 0 aliphatic heterocycles. The Morgan fingerprint density at radius 1 is 1.26 bits per heavy atom. The second-order valence-corrected chi connectivity index (χ2v) is 7.36. The van der Waals surface area contributed by atoms with Crippen LogP contribution in [0.1, 0.15) is 39.5 Å². The summed E-state index contributed by atoms with van der Waals surface area (Å²) in [4.78, 5) is 29.5. The van der Waals surface area contributed by atoms with Crippen molar-refractivity contribution < 1.29 is 19.4 Å². The summed E-state index contributed by atoms with van der Waals surface area (Å²) < 4.78 is 7.47. The molecule has 3 aromatic rings. The molecular weight excluding hydrogens is 364 g/mol. The maximum atomic E-state index is 12.4. The Morgan fingerprint density at radius 2 is 2.00 bits per heavy atom. The van der Waals surface area contributed by atoms with Gasteiger partial charge in [-0.15, -0.1) is 11.3 Å². The number of carboxylic acid groups (broad SMARTS) is 1. The first-order valence-corrected chi connectivity index (χ1v) is 9.38. The minimum atomic E-state index is -0.838. The van der Waals surface area contributed by atoms with E-state index in [2.05, 4.69) is 4.98 Å². The number of fused-ring (bicyclic) bond motifs is 1. The Labute approximate surface area is 160 Å². The molecule has 0 aliphatic carbocycles. The molecule has 1 aromatic carbocycles. The Bertz CT molecular complexity index is 999. The van der Waals surface area contributed by atoms with E-state index in [9.17, 15) is 9.59 Å². The summed E-state index contributed by atoms with van der Waals surface area (Å²) in [6.45, 7) is 4.28. The lowest BCUT2D eigenvalue weighted by molar-refractivity contribution is -0.137. The highest BCUT2D eigenvalue weighted by Gasteiger charge is 2.09. The van der Waals surface area contributed by atoms with E-state index in [4.69, 9.17) is 9.84 Å². The number of thiazole rings is 1. The lowest BCUT2D eigenvalue weighted by Crippen LogP contribution is -2.02. The lowest BCUT2D eigenvalue weighted by Gasteiger charge is -2.05. The second kappa shape index (κ2) is 8.18. The van der Waals surface area contributed by atoms with Crippen LogP contribution in [0.5, 0.6) is 5.75 Å². The molecule has 140 valence electrons. The van der Waals surface area contributed by atoms with Gasteiger partial charge in [0.1, 0.15) is 5.75 Å². The molecule has 0 saturated carbocycles. The van der Waals surface area contributed by atoms with Crippen molar-refractivity contribution in [3.8, 4) is 5.75 Å². The Morgan fingerprint density at radius 3 is 2.70 bits per heavy atom. The number of aliphatic carboxylic acids is 1. The zero-order valence-corrected chi connectivity index (χ0v) is 16.0. The van der Waals surface area contributed by atoms with Crippen LogP contribution < -0.4 is 4.74 Å². The topological polar surface area (TPSA) is 80.9 Å². The fourth-order valence-corrected chi connectivity index (χ4v) is 3.54. The molecule has 27 heavy (non-hydrogen) atoms. The van der Waals surface area contributed by atoms with Crippen molar-refractivity contribution in [2.45, 2.75) is 26.7 Å². The minimum absolute atomic E-state index is 0.0757. The summed E-state index contributed by atoms with van der Waals surface area (Å²) in [6.07, 6.45) is 5.87. The van der Waals surface area contributed by atoms with Crippen molar-refractivity contribution >= 4 is 34.1 Å². The highest BCUT2D eigenvalue weighted by atomic mass is 32.1. The molecule has 0 saturated heterocycles. The Kier molecular flexibility index (Phi) is 5.71. The van der Waals surface area contributed by atoms with Crippen LogP contribution in [0.3, 0.4) is 0 Å². The molecule has 0 aliphatic rings. The van der Waals surface area contributed by atoms with E-state index >= 15 is 0 Å². The first kappa shape index (κ1) is 18.8. The van der Waals surface area contributed by atoms with E-state index in [1.165, 1.54) is 0 Å². The van der Waals surface area contributed by atoms with Crippen molar-refractivity contribution in [3.05, 3.63) is 58.4 Å². The number of carboxylic acids is 1. The zero-order valence-electron chi connectivity index (χ0n) is 15.1. The number of carbonyl (C=O) groups excluding carboxylic acids is 1. The number of nitrogens with zero attached hydrogens (tertiary/aromatic N) is 2. The minimum Gasteiger partial charge on any atom is -0.494 e. The molecule has 1 N–H and O–H groups in total. The summed E-state index contributed by atoms with van der Waals surface area (Å²) >= 11 is 1.62. The molecule has 0 radical (unpaired) electrons. The smallest absolute Gasteiger partial charge is 0.303 e. The molecule has 0 fully saturated rings. The molecule has 0 unspecified atom stereocenters. The zero-order chi connectivity index (χ0) is 19.4. The van der Waals surface area contributed by atoms with Crippen LogP contribution >= 0.6 is 11.3 Å². The van der Waals surface area contributed by atoms with Gasteiger partial charge in [-0.2, -0.15) is 0 Å². The first-order chi connectivity index (χ1) is 12.9. The van der Waals surface area contributed by atoms with Crippen molar-refractivity contribution in [1.29, 1.82) is 0 Å². The van der Waals surface area contributed by atoms with Crippen molar-refractivity contribution in [3.63, 3.8) is 0 Å². The third-order valence-electron chi connectivity index (χ3n) is 4.00. The highest BCUT2D eigenvalue weighted by Crippen LogP contribution is 2.22. The van der Waals surface area contributed by atoms with Gasteiger partial charge in [-0.25, -0.2) is 4.98 Å². The van der Waals surface area contributed by atoms with Crippen LogP contribution in [0.4, 0.5) is 0 Å². The van der Waals surface area contributed by atoms with Gasteiger partial charge in [0.25, 0.3) is 0 Å². The Hall–Kier alpha value is -2.93. The van der Waals surface area contributed by atoms with Gasteiger partial charge in [-0.1, -0.05) is 0 Å². The number of aromatic nitrogens is 2. The van der Waals surface area contributed by atoms with Gasteiger partial charge < -0.3 is 9.84 Å². The molecule has 2 aromatic heterocycles. The standard InChI is InChI=1S/C20H20N2O4S/c1-13-12-22-17(14(2)21-20(22)27-13)9-10-18(23)15-5-7-16(8-6-15)26-11-3-4-19(24)25/h5-10,12H,3-4,11H2,1-2H3,(H,24,25).